The van der Waals surface area contributed by atoms with Crippen LogP contribution in [0.2, 0.25) is 0 Å². The lowest BCUT2D eigenvalue weighted by atomic mass is 9.97. The molecule has 0 saturated heterocycles. The van der Waals surface area contributed by atoms with Crippen LogP contribution in [0, 0.1) is 5.92 Å². The smallest absolute Gasteiger partial charge is 0.413 e. The van der Waals surface area contributed by atoms with Gasteiger partial charge in [0, 0.05) is 31.6 Å². The number of ether oxygens (including phenoxy) is 2. The molecule has 0 aromatic heterocycles. The Labute approximate surface area is 389 Å². The molecule has 63 heavy (non-hydrogen) atoms. The first-order valence-electron chi connectivity index (χ1n) is 22.3. The van der Waals surface area contributed by atoms with E-state index in [1.807, 2.05) is 0 Å². The van der Waals surface area contributed by atoms with Crippen molar-refractivity contribution in [2.24, 2.45) is 22.0 Å². The van der Waals surface area contributed by atoms with Crippen molar-refractivity contribution in [3.8, 4) is 0 Å². The Balaban J connectivity index is -0.000000158. The average Bonchev–Trinajstić information content (AvgIpc) is 3.94. The number of carbonyl (C=O) groups is 5. The highest BCUT2D eigenvalue weighted by Crippen LogP contribution is 2.32. The summed E-state index contributed by atoms with van der Waals surface area (Å²) in [5, 5.41) is 34.5. The molecule has 19 heteroatoms. The number of ketones is 3. The Morgan fingerprint density at radius 2 is 1.06 bits per heavy atom. The first kappa shape index (κ1) is 72.3. The quantitative estimate of drug-likeness (QED) is 0.0105. The maximum Gasteiger partial charge on any atom is 0.413 e. The van der Waals surface area contributed by atoms with Crippen LogP contribution in [0.5, 0.6) is 0 Å². The molecular weight excluding hydrogens is 906 g/mol. The van der Waals surface area contributed by atoms with Crippen molar-refractivity contribution in [1.82, 2.24) is 0 Å². The topological polar surface area (TPSA) is 279 Å². The molecular formula is C44H90BrN3O14S. The number of hydrogen-bond acceptors (Lipinski definition) is 16. The first-order chi connectivity index (χ1) is 29.3. The Morgan fingerprint density at radius 1 is 0.651 bits per heavy atom. The molecule has 6 N–H and O–H groups in total. The minimum absolute atomic E-state index is 0. The number of alkyl halides is 1. The molecule has 378 valence electrons. The highest BCUT2D eigenvalue weighted by atomic mass is 79.9. The lowest BCUT2D eigenvalue weighted by Gasteiger charge is -2.11. The van der Waals surface area contributed by atoms with Gasteiger partial charge in [0.25, 0.3) is 0 Å². The summed E-state index contributed by atoms with van der Waals surface area (Å²) in [6, 6.07) is 0. The third-order valence-corrected chi connectivity index (χ3v) is 9.26. The Bertz CT molecular complexity index is 1200. The number of nitrogens with two attached hydrogens (primary N) is 1. The second kappa shape index (κ2) is 54.1. The van der Waals surface area contributed by atoms with Crippen LogP contribution in [-0.2, 0) is 48.1 Å². The molecule has 0 radical (unpaired) electrons. The van der Waals surface area contributed by atoms with Crippen molar-refractivity contribution >= 4 is 55.6 Å². The zero-order valence-electron chi connectivity index (χ0n) is 39.2. The fraction of sp³-hybridized carbons (Fsp3) is 0.886. The third-order valence-electron chi connectivity index (χ3n) is 8.46. The van der Waals surface area contributed by atoms with Gasteiger partial charge in [-0.25, -0.2) is 0 Å². The van der Waals surface area contributed by atoms with Gasteiger partial charge >= 0.3 is 22.3 Å². The van der Waals surface area contributed by atoms with Crippen LogP contribution < -0.4 is 5.90 Å². The zero-order chi connectivity index (χ0) is 48.5. The highest BCUT2D eigenvalue weighted by Gasteiger charge is 2.32. The molecule has 0 saturated carbocycles. The van der Waals surface area contributed by atoms with Crippen molar-refractivity contribution in [3.05, 3.63) is 0 Å². The van der Waals surface area contributed by atoms with Crippen molar-refractivity contribution < 1.29 is 66.0 Å². The number of hydrogen-bond donors (Lipinski definition) is 5. The summed E-state index contributed by atoms with van der Waals surface area (Å²) in [5.41, 5.74) is 0.0464. The number of nitrogens with zero attached hydrogens (tertiary/aromatic N) is 2. The van der Waals surface area contributed by atoms with E-state index in [1.165, 1.54) is 78.1 Å². The number of esters is 2. The zero-order valence-corrected chi connectivity index (χ0v) is 41.6. The van der Waals surface area contributed by atoms with Crippen LogP contribution >= 0.6 is 15.9 Å². The van der Waals surface area contributed by atoms with Gasteiger partial charge in [0.15, 0.2) is 5.66 Å². The number of aliphatic hydroxyl groups is 3. The minimum atomic E-state index is -4.38. The van der Waals surface area contributed by atoms with E-state index < -0.39 is 28.3 Å². The van der Waals surface area contributed by atoms with Crippen LogP contribution in [0.15, 0.2) is 10.2 Å². The molecule has 0 aromatic carbocycles. The second-order valence-corrected chi connectivity index (χ2v) is 16.6. The molecule has 1 unspecified atom stereocenters. The van der Waals surface area contributed by atoms with Gasteiger partial charge in [-0.05, 0) is 92.9 Å². The molecule has 1 aliphatic rings. The molecule has 0 spiro atoms. The standard InChI is InChI=1S/C12H22O4.C10H20N2.C9H18O2.C6H13BrO.C6H10O3.CH4.H3NO4S/c1-3-16-12(15)11(10(2)14)8-6-4-5-7-9-13;1-3-4-5-6-7-8-9-10(2)11-12-10;1-9(11)7-5-3-2-4-6-8-10;7-5-3-1-2-4-6-8;1-3-9-6(8)4-5(2)7;;1-5-6(2,3)4/h11,13H,3-9H2,1-2H3;3-9H2,1-2H3;10H,2-8H2,1H3;8H,1-6H2;3-4H2,1-2H3;1H4;1H2,(H,2,3,4). The van der Waals surface area contributed by atoms with Crippen LogP contribution in [0.3, 0.4) is 0 Å². The molecule has 1 atom stereocenters. The van der Waals surface area contributed by atoms with Crippen LogP contribution in [0.25, 0.3) is 0 Å². The van der Waals surface area contributed by atoms with E-state index in [0.717, 1.165) is 76.0 Å². The predicted molar refractivity (Wildman–Crippen MR) is 253 cm³/mol. The average molecular weight is 997 g/mol. The van der Waals surface area contributed by atoms with E-state index in [-0.39, 0.29) is 43.5 Å². The van der Waals surface area contributed by atoms with Gasteiger partial charge in [-0.15, -0.1) is 0 Å². The summed E-state index contributed by atoms with van der Waals surface area (Å²) in [5.74, 6) is 2.52. The monoisotopic (exact) mass is 996 g/mol. The van der Waals surface area contributed by atoms with E-state index >= 15 is 0 Å². The first-order valence-corrected chi connectivity index (χ1v) is 24.8. The van der Waals surface area contributed by atoms with E-state index in [1.54, 1.807) is 20.8 Å². The number of unbranched alkanes of at least 4 members (excludes halogenated alkanes) is 15. The van der Waals surface area contributed by atoms with E-state index in [9.17, 15) is 32.4 Å². The van der Waals surface area contributed by atoms with E-state index in [4.69, 9.17) is 24.6 Å². The predicted octanol–water partition coefficient (Wildman–Crippen LogP) is 9.30. The summed E-state index contributed by atoms with van der Waals surface area (Å²) >= 11 is 3.34. The highest BCUT2D eigenvalue weighted by molar-refractivity contribution is 9.09. The number of Topliss-reactive ketones (excluding diaryl/α,β-unsaturated/α-hetero) is 3. The summed E-state index contributed by atoms with van der Waals surface area (Å²) in [6.07, 6.45) is 23.9. The van der Waals surface area contributed by atoms with Crippen LogP contribution in [0.4, 0.5) is 0 Å². The SMILES string of the molecule is C.CC(=O)CCCCCCCO.CCCCCCCCC1(C)N=N1.CCOC(=O)C(CCCCCCO)C(C)=O.CCOC(=O)CC(C)=O.NOS(=O)(=O)O.OCCCCCCBr. The van der Waals surface area contributed by atoms with Gasteiger partial charge in [-0.1, -0.05) is 114 Å². The van der Waals surface area contributed by atoms with Crippen molar-refractivity contribution in [3.63, 3.8) is 0 Å². The van der Waals surface area contributed by atoms with Gasteiger partial charge in [0.1, 0.15) is 29.7 Å². The lowest BCUT2D eigenvalue weighted by molar-refractivity contribution is -0.151. The largest absolute Gasteiger partial charge is 0.466 e. The molecule has 0 bridgehead atoms. The van der Waals surface area contributed by atoms with Crippen molar-refractivity contribution in [2.45, 2.75) is 209 Å². The number of carbonyl (C=O) groups excluding carboxylic acids is 5. The molecule has 0 fully saturated rings. The number of rotatable bonds is 32. The summed E-state index contributed by atoms with van der Waals surface area (Å²) in [6.45, 7) is 13.7. The number of aliphatic hydroxyl groups excluding tert-OH is 3. The summed E-state index contributed by atoms with van der Waals surface area (Å²) in [7, 11) is -4.38. The maximum absolute atomic E-state index is 11.4. The third kappa shape index (κ3) is 71.6. The summed E-state index contributed by atoms with van der Waals surface area (Å²) in [4.78, 5) is 53.8. The van der Waals surface area contributed by atoms with Crippen LogP contribution in [-0.4, -0.2) is 102 Å². The van der Waals surface area contributed by atoms with Gasteiger partial charge in [0.2, 0.25) is 0 Å². The molecule has 1 aliphatic heterocycles. The normalized spacial score (nSPS) is 11.9. The molecule has 0 aromatic rings. The van der Waals surface area contributed by atoms with Crippen LogP contribution in [0.1, 0.15) is 204 Å². The Morgan fingerprint density at radius 3 is 1.43 bits per heavy atom. The Hall–Kier alpha value is -2.26. The van der Waals surface area contributed by atoms with Crippen molar-refractivity contribution in [2.75, 3.05) is 38.4 Å². The molecule has 0 amide bonds. The lowest BCUT2D eigenvalue weighted by Crippen LogP contribution is -2.24. The number of halogens is 1. The molecule has 0 aliphatic carbocycles. The molecule has 1 heterocycles. The van der Waals surface area contributed by atoms with Crippen molar-refractivity contribution in [1.29, 1.82) is 0 Å². The molecule has 1 rings (SSSR count). The summed E-state index contributed by atoms with van der Waals surface area (Å²) < 4.78 is 38.2. The van der Waals surface area contributed by atoms with E-state index in [2.05, 4.69) is 54.9 Å². The van der Waals surface area contributed by atoms with Gasteiger partial charge in [0.05, 0.1) is 13.2 Å². The fourth-order valence-electron chi connectivity index (χ4n) is 4.96. The van der Waals surface area contributed by atoms with Gasteiger partial charge < -0.3 is 29.6 Å². The second-order valence-electron chi connectivity index (χ2n) is 14.8. The molecule has 17 nitrogen and oxygen atoms in total. The minimum Gasteiger partial charge on any atom is -0.466 e. The Kier molecular flexibility index (Phi) is 62.1. The van der Waals surface area contributed by atoms with E-state index in [0.29, 0.717) is 32.8 Å². The maximum atomic E-state index is 11.4. The van der Waals surface area contributed by atoms with Gasteiger partial charge in [-0.2, -0.15) is 28.8 Å². The fourth-order valence-corrected chi connectivity index (χ4v) is 5.36. The van der Waals surface area contributed by atoms with Gasteiger partial charge in [-0.3, -0.25) is 23.7 Å².